The van der Waals surface area contributed by atoms with Gasteiger partial charge in [0.05, 0.1) is 10.9 Å². The number of hydrogen-bond donors (Lipinski definition) is 2. The fraction of sp³-hybridized carbons (Fsp3) is 0.348. The number of hydrogen-bond acceptors (Lipinski definition) is 3. The number of carbonyl (C=O) groups is 1. The van der Waals surface area contributed by atoms with E-state index in [4.69, 9.17) is 12.2 Å². The Bertz CT molecular complexity index is 1180. The number of H-pyrrole nitrogens is 1. The minimum Gasteiger partial charge on any atom is -0.355 e. The number of fused-ring (bicyclic) bond motifs is 1. The second-order valence-electron chi connectivity index (χ2n) is 7.95. The summed E-state index contributed by atoms with van der Waals surface area (Å²) >= 11 is 5.31. The molecule has 0 bridgehead atoms. The van der Waals surface area contributed by atoms with Crippen LogP contribution < -0.4 is 10.9 Å². The number of rotatable bonds is 6. The van der Waals surface area contributed by atoms with Crippen LogP contribution in [0.4, 0.5) is 4.39 Å². The van der Waals surface area contributed by atoms with Crippen LogP contribution >= 0.6 is 12.2 Å². The summed E-state index contributed by atoms with van der Waals surface area (Å²) in [5.74, 6) is -0.383. The minimum absolute atomic E-state index is 0.127. The van der Waals surface area contributed by atoms with Gasteiger partial charge in [-0.15, -0.1) is 0 Å². The molecule has 2 aromatic carbocycles. The molecule has 30 heavy (non-hydrogen) atoms. The highest BCUT2D eigenvalue weighted by molar-refractivity contribution is 7.71. The van der Waals surface area contributed by atoms with E-state index in [9.17, 15) is 14.0 Å². The zero-order chi connectivity index (χ0) is 21.1. The summed E-state index contributed by atoms with van der Waals surface area (Å²) in [5, 5.41) is 3.58. The van der Waals surface area contributed by atoms with Gasteiger partial charge in [0.15, 0.2) is 4.77 Å². The van der Waals surface area contributed by atoms with Gasteiger partial charge in [-0.1, -0.05) is 37.1 Å². The first-order valence-electron chi connectivity index (χ1n) is 10.2. The second kappa shape index (κ2) is 8.52. The number of para-hydroxylation sites is 1. The molecule has 0 spiro atoms. The molecule has 1 aromatic heterocycles. The van der Waals surface area contributed by atoms with Crippen LogP contribution in [0, 0.1) is 10.6 Å². The molecule has 156 valence electrons. The van der Waals surface area contributed by atoms with Gasteiger partial charge in [-0.3, -0.25) is 14.2 Å². The summed E-state index contributed by atoms with van der Waals surface area (Å²) in [4.78, 5) is 28.3. The topological polar surface area (TPSA) is 66.9 Å². The molecular formula is C23H24FN3O2S. The van der Waals surface area contributed by atoms with E-state index in [1.165, 1.54) is 16.7 Å². The van der Waals surface area contributed by atoms with E-state index >= 15 is 0 Å². The zero-order valence-electron chi connectivity index (χ0n) is 16.6. The predicted octanol–water partition coefficient (Wildman–Crippen LogP) is 4.22. The summed E-state index contributed by atoms with van der Waals surface area (Å²) in [7, 11) is 0. The normalized spacial score (nSPS) is 15.4. The van der Waals surface area contributed by atoms with Crippen molar-refractivity contribution in [2.45, 2.75) is 44.1 Å². The lowest BCUT2D eigenvalue weighted by Gasteiger charge is -2.30. The van der Waals surface area contributed by atoms with Gasteiger partial charge in [-0.25, -0.2) is 4.39 Å². The Kier molecular flexibility index (Phi) is 5.81. The van der Waals surface area contributed by atoms with Crippen molar-refractivity contribution in [2.24, 2.45) is 0 Å². The van der Waals surface area contributed by atoms with Crippen LogP contribution in [0.2, 0.25) is 0 Å². The summed E-state index contributed by atoms with van der Waals surface area (Å²) < 4.78 is 15.1. The maximum Gasteiger partial charge on any atom is 0.262 e. The van der Waals surface area contributed by atoms with E-state index in [2.05, 4.69) is 10.3 Å². The number of amides is 1. The number of nitrogens with one attached hydrogen (secondary N) is 2. The van der Waals surface area contributed by atoms with Gasteiger partial charge < -0.3 is 10.3 Å². The predicted molar refractivity (Wildman–Crippen MR) is 118 cm³/mol. The lowest BCUT2D eigenvalue weighted by atomic mass is 9.79. The zero-order valence-corrected chi connectivity index (χ0v) is 17.4. The molecule has 1 amide bonds. The molecule has 0 atom stereocenters. The van der Waals surface area contributed by atoms with Crippen molar-refractivity contribution in [2.75, 3.05) is 6.54 Å². The fourth-order valence-corrected chi connectivity index (χ4v) is 4.68. The van der Waals surface area contributed by atoms with Crippen molar-refractivity contribution >= 4 is 29.0 Å². The largest absolute Gasteiger partial charge is 0.355 e. The van der Waals surface area contributed by atoms with E-state index in [-0.39, 0.29) is 35.7 Å². The highest BCUT2D eigenvalue weighted by Crippen LogP contribution is 2.40. The van der Waals surface area contributed by atoms with Gasteiger partial charge in [-0.2, -0.15) is 0 Å². The molecule has 1 aliphatic rings. The molecule has 1 heterocycles. The average molecular weight is 426 g/mol. The number of aromatic amines is 1. The lowest BCUT2D eigenvalue weighted by Crippen LogP contribution is -2.39. The molecule has 0 saturated heterocycles. The monoisotopic (exact) mass is 425 g/mol. The first kappa shape index (κ1) is 20.5. The summed E-state index contributed by atoms with van der Waals surface area (Å²) in [6.07, 6.45) is 4.28. The smallest absolute Gasteiger partial charge is 0.262 e. The molecule has 2 N–H and O–H groups in total. The third-order valence-electron chi connectivity index (χ3n) is 6.09. The lowest BCUT2D eigenvalue weighted by molar-refractivity contribution is -0.121. The van der Waals surface area contributed by atoms with Crippen LogP contribution in [0.1, 0.15) is 37.7 Å². The quantitative estimate of drug-likeness (QED) is 0.581. The van der Waals surface area contributed by atoms with Gasteiger partial charge in [0.2, 0.25) is 5.91 Å². The Balaban J connectivity index is 1.44. The third kappa shape index (κ3) is 4.07. The first-order valence-corrected chi connectivity index (χ1v) is 10.6. The summed E-state index contributed by atoms with van der Waals surface area (Å²) in [6.45, 7) is 0.728. The molecule has 0 radical (unpaired) electrons. The van der Waals surface area contributed by atoms with Crippen LogP contribution in [-0.2, 0) is 16.8 Å². The molecule has 3 aromatic rings. The van der Waals surface area contributed by atoms with Crippen LogP contribution in [-0.4, -0.2) is 22.0 Å². The number of benzene rings is 2. The van der Waals surface area contributed by atoms with Gasteiger partial charge in [0.25, 0.3) is 5.56 Å². The molecule has 0 unspecified atom stereocenters. The SMILES string of the molecule is O=C(CCn1c(=S)[nH]c2ccccc2c1=O)NCC1(c2ccc(F)cc2)CCCC1. The molecular weight excluding hydrogens is 401 g/mol. The van der Waals surface area contributed by atoms with Crippen molar-refractivity contribution in [3.05, 3.63) is 75.0 Å². The van der Waals surface area contributed by atoms with Crippen molar-refractivity contribution in [3.8, 4) is 0 Å². The van der Waals surface area contributed by atoms with Gasteiger partial charge in [0.1, 0.15) is 5.82 Å². The molecule has 7 heteroatoms. The Morgan fingerprint density at radius 2 is 1.83 bits per heavy atom. The van der Waals surface area contributed by atoms with Gasteiger partial charge in [-0.05, 0) is 54.9 Å². The minimum atomic E-state index is -0.256. The van der Waals surface area contributed by atoms with Crippen molar-refractivity contribution in [3.63, 3.8) is 0 Å². The highest BCUT2D eigenvalue weighted by atomic mass is 32.1. The Labute approximate surface area is 178 Å². The van der Waals surface area contributed by atoms with Gasteiger partial charge >= 0.3 is 0 Å². The Hall–Kier alpha value is -2.80. The average Bonchev–Trinajstić information content (AvgIpc) is 3.23. The fourth-order valence-electron chi connectivity index (χ4n) is 4.39. The number of carbonyl (C=O) groups excluding carboxylic acids is 1. The van der Waals surface area contributed by atoms with Crippen LogP contribution in [0.5, 0.6) is 0 Å². The number of nitrogens with zero attached hydrogens (tertiary/aromatic N) is 1. The van der Waals surface area contributed by atoms with E-state index in [1.54, 1.807) is 18.2 Å². The summed E-state index contributed by atoms with van der Waals surface area (Å²) in [5.41, 5.74) is 1.41. The molecule has 4 rings (SSSR count). The Morgan fingerprint density at radius 1 is 1.13 bits per heavy atom. The summed E-state index contributed by atoms with van der Waals surface area (Å²) in [6, 6.07) is 13.8. The first-order chi connectivity index (χ1) is 14.5. The molecule has 1 saturated carbocycles. The van der Waals surface area contributed by atoms with Gasteiger partial charge in [0, 0.05) is 24.9 Å². The van der Waals surface area contributed by atoms with Crippen LogP contribution in [0.15, 0.2) is 53.3 Å². The molecule has 0 aliphatic heterocycles. The highest BCUT2D eigenvalue weighted by Gasteiger charge is 2.35. The van der Waals surface area contributed by atoms with E-state index in [0.717, 1.165) is 31.2 Å². The maximum atomic E-state index is 13.3. The molecule has 5 nitrogen and oxygen atoms in total. The third-order valence-corrected chi connectivity index (χ3v) is 6.42. The van der Waals surface area contributed by atoms with Crippen molar-refractivity contribution in [1.29, 1.82) is 0 Å². The molecule has 1 fully saturated rings. The van der Waals surface area contributed by atoms with Crippen molar-refractivity contribution < 1.29 is 9.18 Å². The Morgan fingerprint density at radius 3 is 2.57 bits per heavy atom. The van der Waals surface area contributed by atoms with Crippen LogP contribution in [0.3, 0.4) is 0 Å². The van der Waals surface area contributed by atoms with E-state index < -0.39 is 0 Å². The van der Waals surface area contributed by atoms with Crippen molar-refractivity contribution in [1.82, 2.24) is 14.9 Å². The number of halogens is 1. The second-order valence-corrected chi connectivity index (χ2v) is 8.34. The van der Waals surface area contributed by atoms with E-state index in [0.29, 0.717) is 22.2 Å². The standard InChI is InChI=1S/C23H24FN3O2S/c24-17-9-7-16(8-10-17)23(12-3-4-13-23)15-25-20(28)11-14-27-21(29)18-5-1-2-6-19(18)26-22(27)30/h1-2,5-10H,3-4,11-15H2,(H,25,28)(H,26,30). The van der Waals surface area contributed by atoms with Crippen LogP contribution in [0.25, 0.3) is 10.9 Å². The van der Waals surface area contributed by atoms with E-state index in [1.807, 2.05) is 18.2 Å². The molecule has 1 aliphatic carbocycles. The number of aromatic nitrogens is 2. The maximum absolute atomic E-state index is 13.3.